The van der Waals surface area contributed by atoms with Crippen molar-refractivity contribution in [2.45, 2.75) is 31.6 Å². The Hall–Kier alpha value is -1.84. The zero-order valence-corrected chi connectivity index (χ0v) is 15.9. The van der Waals surface area contributed by atoms with E-state index in [4.69, 9.17) is 5.73 Å². The summed E-state index contributed by atoms with van der Waals surface area (Å²) < 4.78 is 0. The highest BCUT2D eigenvalue weighted by molar-refractivity contribution is 5.85. The number of carbonyl (C=O) groups excluding carboxylic acids is 1. The molecule has 0 saturated carbocycles. The van der Waals surface area contributed by atoms with Gasteiger partial charge in [-0.15, -0.1) is 12.4 Å². The molecule has 2 atom stereocenters. The molecule has 4 rings (SSSR count). The third-order valence-corrected chi connectivity index (χ3v) is 5.84. The summed E-state index contributed by atoms with van der Waals surface area (Å²) in [6.45, 7) is 2.19. The summed E-state index contributed by atoms with van der Waals surface area (Å²) in [6, 6.07) is 17.1. The number of carbonyl (C=O) groups is 1. The van der Waals surface area contributed by atoms with Crippen LogP contribution in [0.15, 0.2) is 48.5 Å². The second-order valence-electron chi connectivity index (χ2n) is 7.45. The molecule has 0 bridgehead atoms. The minimum atomic E-state index is 0. The third kappa shape index (κ3) is 3.79. The second kappa shape index (κ2) is 8.24. The zero-order chi connectivity index (χ0) is 17.2. The Morgan fingerprint density at radius 2 is 1.81 bits per heavy atom. The quantitative estimate of drug-likeness (QED) is 0.897. The largest absolute Gasteiger partial charge is 0.341 e. The van der Waals surface area contributed by atoms with E-state index in [0.717, 1.165) is 25.1 Å². The standard InChI is InChI=1S/C22H26N2O.ClH/c23-13-20-14-24(15-21(20)18-5-2-1-3-6-18)22(25)12-16-9-10-17-7-4-8-19(17)11-16;/h1-3,5-6,9-11,20-21H,4,7-8,12-15,23H2;1H/t20-,21+;/m1./s1. The molecule has 1 aliphatic carbocycles. The number of rotatable bonds is 4. The van der Waals surface area contributed by atoms with Crippen LogP contribution in [-0.4, -0.2) is 30.4 Å². The van der Waals surface area contributed by atoms with Crippen LogP contribution in [0.4, 0.5) is 0 Å². The van der Waals surface area contributed by atoms with E-state index in [-0.39, 0.29) is 18.3 Å². The van der Waals surface area contributed by atoms with E-state index in [2.05, 4.69) is 42.5 Å². The Labute approximate surface area is 162 Å². The van der Waals surface area contributed by atoms with Crippen molar-refractivity contribution in [1.82, 2.24) is 4.90 Å². The molecule has 0 aromatic heterocycles. The Morgan fingerprint density at radius 3 is 2.58 bits per heavy atom. The molecule has 1 saturated heterocycles. The van der Waals surface area contributed by atoms with Crippen LogP contribution in [0.1, 0.15) is 34.6 Å². The highest BCUT2D eigenvalue weighted by Crippen LogP contribution is 2.32. The van der Waals surface area contributed by atoms with Crippen LogP contribution in [0.3, 0.4) is 0 Å². The number of nitrogens with two attached hydrogens (primary N) is 1. The normalized spacial score (nSPS) is 21.3. The smallest absolute Gasteiger partial charge is 0.227 e. The molecule has 2 N–H and O–H groups in total. The third-order valence-electron chi connectivity index (χ3n) is 5.84. The van der Waals surface area contributed by atoms with E-state index in [1.165, 1.54) is 29.5 Å². The number of nitrogens with zero attached hydrogens (tertiary/aromatic N) is 1. The zero-order valence-electron chi connectivity index (χ0n) is 15.1. The maximum absolute atomic E-state index is 12.8. The Kier molecular flexibility index (Phi) is 6.00. The van der Waals surface area contributed by atoms with Gasteiger partial charge in [0.1, 0.15) is 0 Å². The predicted octanol–water partition coefficient (Wildman–Crippen LogP) is 3.34. The van der Waals surface area contributed by atoms with Crippen molar-refractivity contribution in [2.24, 2.45) is 11.7 Å². The van der Waals surface area contributed by atoms with Crippen LogP contribution < -0.4 is 5.73 Å². The molecule has 0 radical (unpaired) electrons. The first kappa shape index (κ1) is 18.9. The fraction of sp³-hybridized carbons (Fsp3) is 0.409. The van der Waals surface area contributed by atoms with Gasteiger partial charge in [-0.25, -0.2) is 0 Å². The van der Waals surface area contributed by atoms with E-state index >= 15 is 0 Å². The summed E-state index contributed by atoms with van der Waals surface area (Å²) in [5, 5.41) is 0. The van der Waals surface area contributed by atoms with Gasteiger partial charge in [0, 0.05) is 19.0 Å². The van der Waals surface area contributed by atoms with Gasteiger partial charge in [0.15, 0.2) is 0 Å². The molecule has 2 aliphatic rings. The van der Waals surface area contributed by atoms with E-state index in [1.807, 2.05) is 11.0 Å². The molecule has 1 heterocycles. The van der Waals surface area contributed by atoms with Gasteiger partial charge < -0.3 is 10.6 Å². The van der Waals surface area contributed by atoms with Crippen molar-refractivity contribution >= 4 is 18.3 Å². The fourth-order valence-electron chi connectivity index (χ4n) is 4.41. The minimum Gasteiger partial charge on any atom is -0.341 e. The molecule has 26 heavy (non-hydrogen) atoms. The first-order valence-corrected chi connectivity index (χ1v) is 9.38. The molecule has 0 spiro atoms. The number of hydrogen-bond acceptors (Lipinski definition) is 2. The average Bonchev–Trinajstić information content (AvgIpc) is 3.28. The highest BCUT2D eigenvalue weighted by atomic mass is 35.5. The lowest BCUT2D eigenvalue weighted by Gasteiger charge is -2.17. The van der Waals surface area contributed by atoms with E-state index in [9.17, 15) is 4.79 Å². The first-order chi connectivity index (χ1) is 12.2. The number of aryl methyl sites for hydroxylation is 2. The topological polar surface area (TPSA) is 46.3 Å². The van der Waals surface area contributed by atoms with Crippen LogP contribution in [0.5, 0.6) is 0 Å². The molecule has 1 aliphatic heterocycles. The van der Waals surface area contributed by atoms with E-state index in [0.29, 0.717) is 24.8 Å². The molecule has 1 fully saturated rings. The molecular weight excluding hydrogens is 344 g/mol. The summed E-state index contributed by atoms with van der Waals surface area (Å²) >= 11 is 0. The van der Waals surface area contributed by atoms with Crippen LogP contribution in [-0.2, 0) is 24.1 Å². The van der Waals surface area contributed by atoms with Gasteiger partial charge in [-0.05, 0) is 54.0 Å². The first-order valence-electron chi connectivity index (χ1n) is 9.38. The Balaban J connectivity index is 0.00000196. The van der Waals surface area contributed by atoms with Crippen LogP contribution in [0, 0.1) is 5.92 Å². The molecule has 0 unspecified atom stereocenters. The van der Waals surface area contributed by atoms with Gasteiger partial charge in [-0.2, -0.15) is 0 Å². The van der Waals surface area contributed by atoms with Crippen molar-refractivity contribution in [2.75, 3.05) is 19.6 Å². The maximum Gasteiger partial charge on any atom is 0.227 e. The molecule has 4 heteroatoms. The van der Waals surface area contributed by atoms with Gasteiger partial charge in [-0.3, -0.25) is 4.79 Å². The number of amides is 1. The van der Waals surface area contributed by atoms with Gasteiger partial charge >= 0.3 is 0 Å². The lowest BCUT2D eigenvalue weighted by atomic mass is 9.89. The number of fused-ring (bicyclic) bond motifs is 1. The molecule has 2 aromatic rings. The van der Waals surface area contributed by atoms with Gasteiger partial charge in [0.2, 0.25) is 5.91 Å². The second-order valence-corrected chi connectivity index (χ2v) is 7.45. The highest BCUT2D eigenvalue weighted by Gasteiger charge is 2.35. The number of likely N-dealkylation sites (tertiary alicyclic amines) is 1. The minimum absolute atomic E-state index is 0. The summed E-state index contributed by atoms with van der Waals surface area (Å²) in [4.78, 5) is 14.9. The summed E-state index contributed by atoms with van der Waals surface area (Å²) in [5.74, 6) is 0.941. The SMILES string of the molecule is Cl.NC[C@@H]1CN(C(=O)Cc2ccc3c(c2)CCC3)C[C@H]1c1ccccc1. The number of hydrogen-bond donors (Lipinski definition) is 1. The van der Waals surface area contributed by atoms with E-state index < -0.39 is 0 Å². The van der Waals surface area contributed by atoms with Crippen molar-refractivity contribution in [3.05, 3.63) is 70.8 Å². The summed E-state index contributed by atoms with van der Waals surface area (Å²) in [6.07, 6.45) is 4.10. The Bertz CT molecular complexity index is 762. The summed E-state index contributed by atoms with van der Waals surface area (Å²) in [5.41, 5.74) is 11.3. The molecule has 1 amide bonds. The average molecular weight is 371 g/mol. The van der Waals surface area contributed by atoms with Crippen molar-refractivity contribution in [3.8, 4) is 0 Å². The van der Waals surface area contributed by atoms with Gasteiger partial charge in [-0.1, -0.05) is 48.5 Å². The summed E-state index contributed by atoms with van der Waals surface area (Å²) in [7, 11) is 0. The lowest BCUT2D eigenvalue weighted by Crippen LogP contribution is -2.31. The molecule has 3 nitrogen and oxygen atoms in total. The van der Waals surface area contributed by atoms with Crippen molar-refractivity contribution < 1.29 is 4.79 Å². The molecule has 2 aromatic carbocycles. The van der Waals surface area contributed by atoms with Crippen LogP contribution >= 0.6 is 12.4 Å². The van der Waals surface area contributed by atoms with Crippen molar-refractivity contribution in [3.63, 3.8) is 0 Å². The van der Waals surface area contributed by atoms with Crippen LogP contribution in [0.25, 0.3) is 0 Å². The Morgan fingerprint density at radius 1 is 1.04 bits per heavy atom. The number of benzene rings is 2. The van der Waals surface area contributed by atoms with Crippen molar-refractivity contribution in [1.29, 1.82) is 0 Å². The van der Waals surface area contributed by atoms with E-state index in [1.54, 1.807) is 0 Å². The van der Waals surface area contributed by atoms with Crippen LogP contribution in [0.2, 0.25) is 0 Å². The number of halogens is 1. The predicted molar refractivity (Wildman–Crippen MR) is 108 cm³/mol. The molecular formula is C22H27ClN2O. The molecule has 138 valence electrons. The maximum atomic E-state index is 12.8. The fourth-order valence-corrected chi connectivity index (χ4v) is 4.41. The van der Waals surface area contributed by atoms with Gasteiger partial charge in [0.25, 0.3) is 0 Å². The monoisotopic (exact) mass is 370 g/mol. The lowest BCUT2D eigenvalue weighted by molar-refractivity contribution is -0.129. The van der Waals surface area contributed by atoms with Gasteiger partial charge in [0.05, 0.1) is 6.42 Å².